The van der Waals surface area contributed by atoms with E-state index in [1.165, 1.54) is 17.7 Å². The zero-order valence-electron chi connectivity index (χ0n) is 12.5. The predicted octanol–water partition coefficient (Wildman–Crippen LogP) is 1.71. The summed E-state index contributed by atoms with van der Waals surface area (Å²) < 4.78 is 1.86. The lowest BCUT2D eigenvalue weighted by Crippen LogP contribution is -2.64. The Kier molecular flexibility index (Phi) is 4.28. The molecule has 1 atom stereocenters. The first-order chi connectivity index (χ1) is 8.91. The van der Waals surface area contributed by atoms with Gasteiger partial charge in [0, 0.05) is 43.2 Å². The molecule has 1 aromatic heterocycles. The number of aromatic nitrogens is 2. The van der Waals surface area contributed by atoms with Crippen LogP contribution in [-0.4, -0.2) is 45.3 Å². The second-order valence-electron chi connectivity index (χ2n) is 6.30. The molecule has 2 N–H and O–H groups in total. The van der Waals surface area contributed by atoms with Gasteiger partial charge in [-0.1, -0.05) is 13.8 Å². The summed E-state index contributed by atoms with van der Waals surface area (Å²) >= 11 is 2.03. The molecule has 1 fully saturated rings. The van der Waals surface area contributed by atoms with Crippen LogP contribution in [0.2, 0.25) is 0 Å². The number of likely N-dealkylation sites (N-methyl/N-ethyl adjacent to an activating group) is 1. The molecule has 4 nitrogen and oxygen atoms in total. The van der Waals surface area contributed by atoms with Crippen LogP contribution in [0.5, 0.6) is 0 Å². The van der Waals surface area contributed by atoms with E-state index in [2.05, 4.69) is 37.1 Å². The number of aryl methyl sites for hydroxylation is 1. The van der Waals surface area contributed by atoms with Crippen molar-refractivity contribution in [1.82, 2.24) is 14.7 Å². The van der Waals surface area contributed by atoms with Crippen LogP contribution in [0.3, 0.4) is 0 Å². The third kappa shape index (κ3) is 2.69. The third-order valence-electron chi connectivity index (χ3n) is 4.72. The molecule has 19 heavy (non-hydrogen) atoms. The summed E-state index contributed by atoms with van der Waals surface area (Å²) in [4.78, 5) is 2.44. The van der Waals surface area contributed by atoms with Crippen LogP contribution in [0.1, 0.15) is 25.8 Å². The molecular formula is C14H26N4S. The summed E-state index contributed by atoms with van der Waals surface area (Å²) in [5, 5.41) is 4.25. The van der Waals surface area contributed by atoms with Gasteiger partial charge < -0.3 is 5.73 Å². The van der Waals surface area contributed by atoms with Crippen molar-refractivity contribution in [3.05, 3.63) is 18.0 Å². The average molecular weight is 282 g/mol. The van der Waals surface area contributed by atoms with E-state index in [1.54, 1.807) is 0 Å². The van der Waals surface area contributed by atoms with Gasteiger partial charge in [0.1, 0.15) is 0 Å². The van der Waals surface area contributed by atoms with E-state index in [1.807, 2.05) is 29.7 Å². The van der Waals surface area contributed by atoms with Crippen molar-refractivity contribution < 1.29 is 0 Å². The standard InChI is InChI=1S/C14H26N4S/c1-13(2)5-6-19-11-14(13,10-15)17(3)8-12-7-16-18(4)9-12/h7,9H,5-6,8,10-11,15H2,1-4H3. The quantitative estimate of drug-likeness (QED) is 0.913. The predicted molar refractivity (Wildman–Crippen MR) is 82.2 cm³/mol. The molecule has 0 spiro atoms. The lowest BCUT2D eigenvalue weighted by Gasteiger charge is -2.54. The number of rotatable bonds is 4. The monoisotopic (exact) mass is 282 g/mol. The molecule has 1 unspecified atom stereocenters. The van der Waals surface area contributed by atoms with Crippen LogP contribution >= 0.6 is 11.8 Å². The van der Waals surface area contributed by atoms with Crippen molar-refractivity contribution in [3.8, 4) is 0 Å². The molecule has 0 saturated carbocycles. The Balaban J connectivity index is 2.20. The van der Waals surface area contributed by atoms with Gasteiger partial charge in [0.05, 0.1) is 6.20 Å². The van der Waals surface area contributed by atoms with Crippen molar-refractivity contribution in [2.24, 2.45) is 18.2 Å². The number of hydrogen-bond acceptors (Lipinski definition) is 4. The summed E-state index contributed by atoms with van der Waals surface area (Å²) in [5.41, 5.74) is 7.78. The van der Waals surface area contributed by atoms with Gasteiger partial charge in [-0.2, -0.15) is 16.9 Å². The SMILES string of the molecule is CN(Cc1cnn(C)c1)C1(CN)CSCCC1(C)C. The summed E-state index contributed by atoms with van der Waals surface area (Å²) in [7, 11) is 4.16. The Bertz CT molecular complexity index is 429. The highest BCUT2D eigenvalue weighted by Gasteiger charge is 2.48. The Labute approximate surface area is 120 Å². The molecule has 1 aliphatic heterocycles. The highest BCUT2D eigenvalue weighted by molar-refractivity contribution is 7.99. The van der Waals surface area contributed by atoms with Gasteiger partial charge in [-0.05, 0) is 24.6 Å². The summed E-state index contributed by atoms with van der Waals surface area (Å²) in [6.07, 6.45) is 5.26. The summed E-state index contributed by atoms with van der Waals surface area (Å²) in [6.45, 7) is 6.34. The van der Waals surface area contributed by atoms with Gasteiger partial charge >= 0.3 is 0 Å². The van der Waals surface area contributed by atoms with Crippen LogP contribution in [-0.2, 0) is 13.6 Å². The number of thioether (sulfide) groups is 1. The second kappa shape index (κ2) is 5.46. The van der Waals surface area contributed by atoms with E-state index in [0.29, 0.717) is 6.54 Å². The van der Waals surface area contributed by atoms with Crippen molar-refractivity contribution in [1.29, 1.82) is 0 Å². The molecular weight excluding hydrogens is 256 g/mol. The minimum absolute atomic E-state index is 0.0752. The van der Waals surface area contributed by atoms with Gasteiger partial charge in [-0.15, -0.1) is 0 Å². The fourth-order valence-electron chi connectivity index (χ4n) is 3.09. The number of hydrogen-bond donors (Lipinski definition) is 1. The molecule has 2 heterocycles. The maximum absolute atomic E-state index is 6.20. The molecule has 2 rings (SSSR count). The van der Waals surface area contributed by atoms with E-state index in [9.17, 15) is 0 Å². The van der Waals surface area contributed by atoms with Crippen LogP contribution in [0.25, 0.3) is 0 Å². The lowest BCUT2D eigenvalue weighted by atomic mass is 9.70. The van der Waals surface area contributed by atoms with Gasteiger partial charge in [0.2, 0.25) is 0 Å². The van der Waals surface area contributed by atoms with E-state index >= 15 is 0 Å². The van der Waals surface area contributed by atoms with Crippen molar-refractivity contribution in [3.63, 3.8) is 0 Å². The zero-order valence-corrected chi connectivity index (χ0v) is 13.3. The van der Waals surface area contributed by atoms with E-state index in [4.69, 9.17) is 5.73 Å². The van der Waals surface area contributed by atoms with Crippen LogP contribution in [0.15, 0.2) is 12.4 Å². The normalized spacial score (nSPS) is 26.8. The lowest BCUT2D eigenvalue weighted by molar-refractivity contribution is 0.0148. The largest absolute Gasteiger partial charge is 0.329 e. The molecule has 0 amide bonds. The number of nitrogens with two attached hydrogens (primary N) is 1. The van der Waals surface area contributed by atoms with Gasteiger partial charge in [-0.3, -0.25) is 9.58 Å². The summed E-state index contributed by atoms with van der Waals surface area (Å²) in [5.74, 6) is 2.36. The van der Waals surface area contributed by atoms with Gasteiger partial charge in [-0.25, -0.2) is 0 Å². The van der Waals surface area contributed by atoms with Crippen LogP contribution in [0.4, 0.5) is 0 Å². The first-order valence-corrected chi connectivity index (χ1v) is 8.03. The molecule has 0 bridgehead atoms. The smallest absolute Gasteiger partial charge is 0.0534 e. The molecule has 0 aromatic carbocycles. The number of nitrogens with zero attached hydrogens (tertiary/aromatic N) is 3. The molecule has 5 heteroatoms. The van der Waals surface area contributed by atoms with Crippen LogP contribution in [0, 0.1) is 5.41 Å². The highest BCUT2D eigenvalue weighted by atomic mass is 32.2. The fraction of sp³-hybridized carbons (Fsp3) is 0.786. The molecule has 108 valence electrons. The minimum Gasteiger partial charge on any atom is -0.329 e. The van der Waals surface area contributed by atoms with E-state index < -0.39 is 0 Å². The second-order valence-corrected chi connectivity index (χ2v) is 7.41. The van der Waals surface area contributed by atoms with E-state index in [-0.39, 0.29) is 11.0 Å². The Morgan fingerprint density at radius 1 is 1.53 bits per heavy atom. The molecule has 0 radical (unpaired) electrons. The molecule has 1 saturated heterocycles. The maximum Gasteiger partial charge on any atom is 0.0534 e. The molecule has 1 aromatic rings. The van der Waals surface area contributed by atoms with Crippen molar-refractivity contribution in [2.75, 3.05) is 25.1 Å². The molecule has 1 aliphatic rings. The minimum atomic E-state index is 0.0752. The zero-order chi connectivity index (χ0) is 14.1. The topological polar surface area (TPSA) is 47.1 Å². The fourth-order valence-corrected chi connectivity index (χ4v) is 4.96. The highest BCUT2D eigenvalue weighted by Crippen LogP contribution is 2.45. The Hall–Kier alpha value is -0.520. The van der Waals surface area contributed by atoms with Crippen LogP contribution < -0.4 is 5.73 Å². The van der Waals surface area contributed by atoms with Crippen molar-refractivity contribution >= 4 is 11.8 Å². The van der Waals surface area contributed by atoms with Gasteiger partial charge in [0.25, 0.3) is 0 Å². The first-order valence-electron chi connectivity index (χ1n) is 6.88. The maximum atomic E-state index is 6.20. The van der Waals surface area contributed by atoms with Gasteiger partial charge in [0.15, 0.2) is 0 Å². The third-order valence-corrected chi connectivity index (χ3v) is 5.89. The summed E-state index contributed by atoms with van der Waals surface area (Å²) in [6, 6.07) is 0. The Morgan fingerprint density at radius 3 is 2.79 bits per heavy atom. The Morgan fingerprint density at radius 2 is 2.26 bits per heavy atom. The first kappa shape index (κ1) is 14.9. The van der Waals surface area contributed by atoms with Crippen molar-refractivity contribution in [2.45, 2.75) is 32.4 Å². The van der Waals surface area contributed by atoms with E-state index in [0.717, 1.165) is 12.3 Å². The average Bonchev–Trinajstić information content (AvgIpc) is 2.74. The molecule has 0 aliphatic carbocycles.